The number of aryl methyl sites for hydroxylation is 2. The van der Waals surface area contributed by atoms with Crippen LogP contribution in [0.5, 0.6) is 0 Å². The van der Waals surface area contributed by atoms with Crippen molar-refractivity contribution in [3.05, 3.63) is 42.0 Å². The van der Waals surface area contributed by atoms with E-state index in [2.05, 4.69) is 26.0 Å². The number of anilines is 1. The van der Waals surface area contributed by atoms with Crippen molar-refractivity contribution in [2.75, 3.05) is 29.5 Å². The third-order valence-electron chi connectivity index (χ3n) is 4.36. The normalized spacial score (nSPS) is 15.3. The van der Waals surface area contributed by atoms with E-state index >= 15 is 0 Å². The lowest BCUT2D eigenvalue weighted by Gasteiger charge is -2.25. The minimum atomic E-state index is -2.98. The van der Waals surface area contributed by atoms with E-state index in [0.29, 0.717) is 6.54 Å². The molecule has 0 saturated heterocycles. The van der Waals surface area contributed by atoms with Crippen molar-refractivity contribution in [1.29, 1.82) is 0 Å². The second-order valence-electron chi connectivity index (χ2n) is 6.13. The first kappa shape index (κ1) is 17.6. The Kier molecular flexibility index (Phi) is 5.17. The van der Waals surface area contributed by atoms with Gasteiger partial charge in [0, 0.05) is 37.4 Å². The van der Waals surface area contributed by atoms with Crippen molar-refractivity contribution < 1.29 is 8.42 Å². The van der Waals surface area contributed by atoms with Crippen LogP contribution in [0.2, 0.25) is 0 Å². The van der Waals surface area contributed by atoms with Crippen LogP contribution >= 0.6 is 0 Å². The summed E-state index contributed by atoms with van der Waals surface area (Å²) in [5.74, 6) is 1.04. The summed E-state index contributed by atoms with van der Waals surface area (Å²) in [5, 5.41) is 4.60. The number of aromatic nitrogens is 4. The van der Waals surface area contributed by atoms with Gasteiger partial charge in [0.15, 0.2) is 9.84 Å². The standard InChI is InChI=1S/C17H23N5O2S/c1-3-25(23,24)12-11-22-13-14(2)16(20-22)15-5-9-21(10-6-15)17-18-7-4-8-19-17/h4-5,7-8,13H,3,6,9-12H2,1-2H3. The van der Waals surface area contributed by atoms with Gasteiger partial charge in [0.05, 0.1) is 18.0 Å². The molecular weight excluding hydrogens is 338 g/mol. The molecule has 0 bridgehead atoms. The van der Waals surface area contributed by atoms with E-state index in [1.54, 1.807) is 24.0 Å². The molecule has 0 spiro atoms. The predicted octanol–water partition coefficient (Wildman–Crippen LogP) is 1.71. The Morgan fingerprint density at radius 1 is 1.24 bits per heavy atom. The van der Waals surface area contributed by atoms with Gasteiger partial charge in [0.2, 0.25) is 5.95 Å². The fraction of sp³-hybridized carbons (Fsp3) is 0.471. The van der Waals surface area contributed by atoms with Crippen molar-refractivity contribution >= 4 is 21.4 Å². The molecule has 0 unspecified atom stereocenters. The molecule has 3 rings (SSSR count). The number of nitrogens with zero attached hydrogens (tertiary/aromatic N) is 5. The second-order valence-corrected chi connectivity index (χ2v) is 8.61. The molecule has 0 aliphatic carbocycles. The Morgan fingerprint density at radius 2 is 2.00 bits per heavy atom. The van der Waals surface area contributed by atoms with E-state index in [4.69, 9.17) is 0 Å². The molecular formula is C17H23N5O2S. The first-order chi connectivity index (χ1) is 12.0. The average molecular weight is 361 g/mol. The Morgan fingerprint density at radius 3 is 2.64 bits per heavy atom. The molecule has 1 aliphatic heterocycles. The highest BCUT2D eigenvalue weighted by molar-refractivity contribution is 7.91. The second kappa shape index (κ2) is 7.35. The molecule has 0 radical (unpaired) electrons. The third-order valence-corrected chi connectivity index (χ3v) is 6.05. The van der Waals surface area contributed by atoms with Gasteiger partial charge in [-0.05, 0) is 30.5 Å². The van der Waals surface area contributed by atoms with Crippen LogP contribution in [-0.4, -0.2) is 52.8 Å². The largest absolute Gasteiger partial charge is 0.337 e. The van der Waals surface area contributed by atoms with E-state index in [1.807, 2.05) is 19.2 Å². The van der Waals surface area contributed by atoms with Gasteiger partial charge in [0.1, 0.15) is 0 Å². The lowest BCUT2D eigenvalue weighted by molar-refractivity contribution is 0.581. The van der Waals surface area contributed by atoms with Crippen LogP contribution in [0.25, 0.3) is 5.57 Å². The molecule has 2 aromatic rings. The maximum absolute atomic E-state index is 11.7. The third kappa shape index (κ3) is 4.25. The van der Waals surface area contributed by atoms with Crippen LogP contribution in [0.4, 0.5) is 5.95 Å². The zero-order chi connectivity index (χ0) is 17.9. The van der Waals surface area contributed by atoms with Crippen LogP contribution < -0.4 is 4.90 Å². The van der Waals surface area contributed by atoms with Gasteiger partial charge in [0.25, 0.3) is 0 Å². The number of hydrogen-bond acceptors (Lipinski definition) is 6. The van der Waals surface area contributed by atoms with Gasteiger partial charge < -0.3 is 4.90 Å². The molecule has 25 heavy (non-hydrogen) atoms. The molecule has 134 valence electrons. The van der Waals surface area contributed by atoms with E-state index in [-0.39, 0.29) is 11.5 Å². The highest BCUT2D eigenvalue weighted by Gasteiger charge is 2.18. The number of rotatable bonds is 6. The number of hydrogen-bond donors (Lipinski definition) is 0. The molecule has 0 fully saturated rings. The predicted molar refractivity (Wildman–Crippen MR) is 98.1 cm³/mol. The number of sulfone groups is 1. The SMILES string of the molecule is CCS(=O)(=O)CCn1cc(C)c(C2=CCN(c3ncccn3)CC2)n1. The summed E-state index contributed by atoms with van der Waals surface area (Å²) in [6.07, 6.45) is 8.44. The van der Waals surface area contributed by atoms with Crippen LogP contribution in [-0.2, 0) is 16.4 Å². The van der Waals surface area contributed by atoms with E-state index in [9.17, 15) is 8.42 Å². The van der Waals surface area contributed by atoms with Crippen LogP contribution in [0.15, 0.2) is 30.7 Å². The summed E-state index contributed by atoms with van der Waals surface area (Å²) in [6, 6.07) is 1.81. The van der Waals surface area contributed by atoms with Gasteiger partial charge in [-0.3, -0.25) is 4.68 Å². The molecule has 0 saturated carbocycles. The molecule has 1 aliphatic rings. The summed E-state index contributed by atoms with van der Waals surface area (Å²) >= 11 is 0. The monoisotopic (exact) mass is 361 g/mol. The summed E-state index contributed by atoms with van der Waals surface area (Å²) in [4.78, 5) is 10.7. The molecule has 0 N–H and O–H groups in total. The molecule has 0 amide bonds. The summed E-state index contributed by atoms with van der Waals surface area (Å²) in [5.41, 5.74) is 3.23. The fourth-order valence-corrected chi connectivity index (χ4v) is 3.60. The van der Waals surface area contributed by atoms with Gasteiger partial charge in [-0.2, -0.15) is 5.10 Å². The smallest absolute Gasteiger partial charge is 0.225 e. The molecule has 0 aromatic carbocycles. The lowest BCUT2D eigenvalue weighted by Crippen LogP contribution is -2.29. The maximum atomic E-state index is 11.7. The zero-order valence-corrected chi connectivity index (χ0v) is 15.4. The highest BCUT2D eigenvalue weighted by atomic mass is 32.2. The average Bonchev–Trinajstić information content (AvgIpc) is 3.02. The molecule has 2 aromatic heterocycles. The quantitative estimate of drug-likeness (QED) is 0.779. The summed E-state index contributed by atoms with van der Waals surface area (Å²) < 4.78 is 25.1. The molecule has 8 heteroatoms. The topological polar surface area (TPSA) is 81.0 Å². The van der Waals surface area contributed by atoms with E-state index in [0.717, 1.165) is 36.7 Å². The van der Waals surface area contributed by atoms with Crippen LogP contribution in [0.3, 0.4) is 0 Å². The van der Waals surface area contributed by atoms with Crippen molar-refractivity contribution in [2.24, 2.45) is 0 Å². The van der Waals surface area contributed by atoms with Crippen LogP contribution in [0, 0.1) is 6.92 Å². The fourth-order valence-electron chi connectivity index (χ4n) is 2.85. The van der Waals surface area contributed by atoms with Gasteiger partial charge >= 0.3 is 0 Å². The van der Waals surface area contributed by atoms with Crippen molar-refractivity contribution in [3.8, 4) is 0 Å². The Balaban J connectivity index is 1.70. The van der Waals surface area contributed by atoms with Crippen molar-refractivity contribution in [1.82, 2.24) is 19.7 Å². The van der Waals surface area contributed by atoms with Crippen LogP contribution in [0.1, 0.15) is 24.6 Å². The maximum Gasteiger partial charge on any atom is 0.225 e. The zero-order valence-electron chi connectivity index (χ0n) is 14.6. The molecule has 7 nitrogen and oxygen atoms in total. The van der Waals surface area contributed by atoms with Gasteiger partial charge in [-0.15, -0.1) is 0 Å². The van der Waals surface area contributed by atoms with E-state index in [1.165, 1.54) is 5.57 Å². The minimum absolute atomic E-state index is 0.127. The van der Waals surface area contributed by atoms with Gasteiger partial charge in [-0.25, -0.2) is 18.4 Å². The molecule has 0 atom stereocenters. The summed E-state index contributed by atoms with van der Waals surface area (Å²) in [7, 11) is -2.98. The van der Waals surface area contributed by atoms with Gasteiger partial charge in [-0.1, -0.05) is 13.0 Å². The van der Waals surface area contributed by atoms with Crippen molar-refractivity contribution in [3.63, 3.8) is 0 Å². The first-order valence-corrected chi connectivity index (χ1v) is 10.3. The summed E-state index contributed by atoms with van der Waals surface area (Å²) in [6.45, 7) is 5.67. The van der Waals surface area contributed by atoms with E-state index < -0.39 is 9.84 Å². The Bertz CT molecular complexity index is 858. The van der Waals surface area contributed by atoms with Crippen molar-refractivity contribution in [2.45, 2.75) is 26.8 Å². The Labute approximate surface area is 148 Å². The Hall–Kier alpha value is -2.22. The lowest BCUT2D eigenvalue weighted by atomic mass is 10.0. The first-order valence-electron chi connectivity index (χ1n) is 8.44. The minimum Gasteiger partial charge on any atom is -0.337 e. The molecule has 3 heterocycles. The highest BCUT2D eigenvalue weighted by Crippen LogP contribution is 2.25.